The molecule has 2 aromatic rings. The highest BCUT2D eigenvalue weighted by Gasteiger charge is 2.44. The number of likely N-dealkylation sites (tertiary alicyclic amines) is 1. The molecule has 3 aliphatic heterocycles. The van der Waals surface area contributed by atoms with Gasteiger partial charge in [0.25, 0.3) is 10.0 Å². The molecule has 1 aromatic heterocycles. The summed E-state index contributed by atoms with van der Waals surface area (Å²) in [7, 11) is -3.36. The summed E-state index contributed by atoms with van der Waals surface area (Å²) >= 11 is 1.29. The highest BCUT2D eigenvalue weighted by atomic mass is 32.2. The second kappa shape index (κ2) is 9.84. The summed E-state index contributed by atoms with van der Waals surface area (Å²) in [6.07, 6.45) is 1.62. The molecule has 3 saturated heterocycles. The maximum atomic E-state index is 12.9. The van der Waals surface area contributed by atoms with Crippen LogP contribution in [0, 0.1) is 17.8 Å². The van der Waals surface area contributed by atoms with Crippen molar-refractivity contribution in [2.75, 3.05) is 45.9 Å². The van der Waals surface area contributed by atoms with Crippen LogP contribution in [0.3, 0.4) is 0 Å². The number of nitrogens with one attached hydrogen (secondary N) is 1. The van der Waals surface area contributed by atoms with E-state index in [4.69, 9.17) is 4.74 Å². The molecule has 5 rings (SSSR count). The van der Waals surface area contributed by atoms with Gasteiger partial charge in [-0.15, -0.1) is 11.3 Å². The number of ether oxygens (including phenoxy) is 1. The van der Waals surface area contributed by atoms with Crippen LogP contribution in [0.15, 0.2) is 52.1 Å². The van der Waals surface area contributed by atoms with Gasteiger partial charge in [-0.1, -0.05) is 36.4 Å². The lowest BCUT2D eigenvalue weighted by atomic mass is 10.0. The van der Waals surface area contributed by atoms with Gasteiger partial charge in [0.15, 0.2) is 0 Å². The lowest BCUT2D eigenvalue weighted by molar-refractivity contribution is -0.125. The number of carbonyl (C=O) groups excluding carboxylic acids is 1. The molecule has 7 nitrogen and oxygen atoms in total. The van der Waals surface area contributed by atoms with E-state index in [0.29, 0.717) is 42.3 Å². The van der Waals surface area contributed by atoms with Crippen molar-refractivity contribution in [1.82, 2.24) is 14.5 Å². The number of sulfonamides is 1. The van der Waals surface area contributed by atoms with Crippen LogP contribution >= 0.6 is 11.3 Å². The molecule has 1 aromatic carbocycles. The van der Waals surface area contributed by atoms with Gasteiger partial charge in [0, 0.05) is 39.3 Å². The predicted molar refractivity (Wildman–Crippen MR) is 127 cm³/mol. The number of benzene rings is 1. The standard InChI is InChI=1S/C24H31N3O4S2/c28-24(19-9-11-31-17-19)25-22(18-5-2-1-3-6-18)8-10-26-13-20-15-27(16-21(20)14-26)33(29,30)23-7-4-12-32-23/h1-7,12,19-22H,8-11,13-17H2,(H,25,28)/t19?,20-,21?,22?/m0/s1. The van der Waals surface area contributed by atoms with Crippen LogP contribution in [-0.4, -0.2) is 69.5 Å². The predicted octanol–water partition coefficient (Wildman–Crippen LogP) is 2.58. The molecule has 0 spiro atoms. The molecular weight excluding hydrogens is 458 g/mol. The molecule has 1 N–H and O–H groups in total. The minimum Gasteiger partial charge on any atom is -0.381 e. The van der Waals surface area contributed by atoms with Crippen molar-refractivity contribution >= 4 is 27.3 Å². The third kappa shape index (κ3) is 5.02. The third-order valence-electron chi connectivity index (χ3n) is 7.17. The van der Waals surface area contributed by atoms with E-state index >= 15 is 0 Å². The van der Waals surface area contributed by atoms with Crippen LogP contribution in [0.1, 0.15) is 24.4 Å². The maximum Gasteiger partial charge on any atom is 0.252 e. The Morgan fingerprint density at radius 3 is 2.48 bits per heavy atom. The Morgan fingerprint density at radius 2 is 1.85 bits per heavy atom. The highest BCUT2D eigenvalue weighted by molar-refractivity contribution is 7.91. The Bertz CT molecular complexity index is 1020. The lowest BCUT2D eigenvalue weighted by Gasteiger charge is -2.25. The fourth-order valence-corrected chi connectivity index (χ4v) is 8.01. The van der Waals surface area contributed by atoms with E-state index in [2.05, 4.69) is 22.3 Å². The molecule has 178 valence electrons. The van der Waals surface area contributed by atoms with Gasteiger partial charge in [-0.25, -0.2) is 8.42 Å². The van der Waals surface area contributed by atoms with E-state index in [0.717, 1.165) is 38.0 Å². The number of hydrogen-bond donors (Lipinski definition) is 1. The number of nitrogens with zero attached hydrogens (tertiary/aromatic N) is 2. The first kappa shape index (κ1) is 23.0. The van der Waals surface area contributed by atoms with E-state index < -0.39 is 10.0 Å². The molecule has 4 heterocycles. The number of hydrogen-bond acceptors (Lipinski definition) is 6. The van der Waals surface area contributed by atoms with Gasteiger partial charge in [0.05, 0.1) is 18.6 Å². The van der Waals surface area contributed by atoms with Crippen molar-refractivity contribution in [1.29, 1.82) is 0 Å². The maximum absolute atomic E-state index is 12.9. The van der Waals surface area contributed by atoms with Gasteiger partial charge >= 0.3 is 0 Å². The first-order chi connectivity index (χ1) is 16.0. The van der Waals surface area contributed by atoms with Gasteiger partial charge in [-0.05, 0) is 41.7 Å². The number of thiophene rings is 1. The Morgan fingerprint density at radius 1 is 1.09 bits per heavy atom. The van der Waals surface area contributed by atoms with Crippen molar-refractivity contribution in [2.45, 2.75) is 23.1 Å². The average Bonchev–Trinajstić information content (AvgIpc) is 3.60. The molecule has 3 aliphatic rings. The fraction of sp³-hybridized carbons (Fsp3) is 0.542. The van der Waals surface area contributed by atoms with Crippen molar-refractivity contribution in [2.24, 2.45) is 17.8 Å². The van der Waals surface area contributed by atoms with E-state index in [-0.39, 0.29) is 17.9 Å². The number of carbonyl (C=O) groups is 1. The van der Waals surface area contributed by atoms with Crippen molar-refractivity contribution < 1.29 is 17.9 Å². The molecule has 3 unspecified atom stereocenters. The van der Waals surface area contributed by atoms with Crippen molar-refractivity contribution in [3.63, 3.8) is 0 Å². The van der Waals surface area contributed by atoms with Crippen LogP contribution in [0.25, 0.3) is 0 Å². The summed E-state index contributed by atoms with van der Waals surface area (Å²) in [5.41, 5.74) is 1.12. The van der Waals surface area contributed by atoms with Gasteiger partial charge in [0.1, 0.15) is 4.21 Å². The Kier molecular flexibility index (Phi) is 6.85. The fourth-order valence-electron chi connectivity index (χ4n) is 5.31. The lowest BCUT2D eigenvalue weighted by Crippen LogP contribution is -2.37. The Balaban J connectivity index is 1.17. The second-order valence-electron chi connectivity index (χ2n) is 9.35. The van der Waals surface area contributed by atoms with Gasteiger partial charge in [-0.2, -0.15) is 4.31 Å². The molecule has 1 amide bonds. The molecule has 0 aliphatic carbocycles. The largest absolute Gasteiger partial charge is 0.381 e. The second-order valence-corrected chi connectivity index (χ2v) is 12.5. The molecule has 0 saturated carbocycles. The van der Waals surface area contributed by atoms with Gasteiger partial charge < -0.3 is 15.0 Å². The van der Waals surface area contributed by atoms with Gasteiger partial charge in [0.2, 0.25) is 5.91 Å². The molecule has 0 radical (unpaired) electrons. The smallest absolute Gasteiger partial charge is 0.252 e. The SMILES string of the molecule is O=C(NC(CCN1CC2CN(S(=O)(=O)c3cccs3)C[C@@H]2C1)c1ccccc1)C1CCOC1. The summed E-state index contributed by atoms with van der Waals surface area (Å²) < 4.78 is 33.2. The van der Waals surface area contributed by atoms with E-state index in [9.17, 15) is 13.2 Å². The molecule has 4 atom stereocenters. The Labute approximate surface area is 199 Å². The summed E-state index contributed by atoms with van der Waals surface area (Å²) in [6, 6.07) is 13.6. The zero-order chi connectivity index (χ0) is 22.8. The first-order valence-electron chi connectivity index (χ1n) is 11.7. The minimum atomic E-state index is -3.36. The molecule has 0 bridgehead atoms. The van der Waals surface area contributed by atoms with Crippen molar-refractivity contribution in [3.05, 3.63) is 53.4 Å². The third-order valence-corrected chi connectivity index (χ3v) is 10.4. The molecule has 3 fully saturated rings. The van der Waals surface area contributed by atoms with E-state index in [1.54, 1.807) is 16.4 Å². The number of amides is 1. The first-order valence-corrected chi connectivity index (χ1v) is 14.0. The van der Waals surface area contributed by atoms with Crippen LogP contribution in [0.5, 0.6) is 0 Å². The van der Waals surface area contributed by atoms with Crippen LogP contribution in [0.2, 0.25) is 0 Å². The molecular formula is C24H31N3O4S2. The topological polar surface area (TPSA) is 79.0 Å². The zero-order valence-corrected chi connectivity index (χ0v) is 20.3. The Hall–Kier alpha value is -1.78. The molecule has 33 heavy (non-hydrogen) atoms. The quantitative estimate of drug-likeness (QED) is 0.617. The minimum absolute atomic E-state index is 0.0320. The monoisotopic (exact) mass is 489 g/mol. The van der Waals surface area contributed by atoms with Gasteiger partial charge in [-0.3, -0.25) is 4.79 Å². The number of rotatable bonds is 8. The molecule has 9 heteroatoms. The summed E-state index contributed by atoms with van der Waals surface area (Å²) in [5, 5.41) is 5.07. The zero-order valence-electron chi connectivity index (χ0n) is 18.6. The summed E-state index contributed by atoms with van der Waals surface area (Å²) in [4.78, 5) is 15.2. The summed E-state index contributed by atoms with van der Waals surface area (Å²) in [5.74, 6) is 0.771. The van der Waals surface area contributed by atoms with E-state index in [1.165, 1.54) is 11.3 Å². The van der Waals surface area contributed by atoms with Crippen molar-refractivity contribution in [3.8, 4) is 0 Å². The number of fused-ring (bicyclic) bond motifs is 1. The van der Waals surface area contributed by atoms with Crippen LogP contribution in [0.4, 0.5) is 0 Å². The average molecular weight is 490 g/mol. The highest BCUT2D eigenvalue weighted by Crippen LogP contribution is 2.35. The van der Waals surface area contributed by atoms with Crippen LogP contribution < -0.4 is 5.32 Å². The van der Waals surface area contributed by atoms with E-state index in [1.807, 2.05) is 23.6 Å². The van der Waals surface area contributed by atoms with Crippen LogP contribution in [-0.2, 0) is 19.6 Å². The summed E-state index contributed by atoms with van der Waals surface area (Å²) in [6.45, 7) is 5.06. The normalized spacial score (nSPS) is 27.0.